The van der Waals surface area contributed by atoms with Gasteiger partial charge in [-0.2, -0.15) is 0 Å². The van der Waals surface area contributed by atoms with Gasteiger partial charge in [0.25, 0.3) is 11.8 Å². The van der Waals surface area contributed by atoms with Gasteiger partial charge in [0, 0.05) is 87.3 Å². The highest BCUT2D eigenvalue weighted by atomic mass is 32.2. The normalized spacial score (nSPS) is 30.1. The average molecular weight is 1770 g/mol. The first-order valence-electron chi connectivity index (χ1n) is 44.4. The number of allylic oxidation sites excluding steroid dienone is 4. The molecule has 0 bridgehead atoms. The van der Waals surface area contributed by atoms with E-state index in [9.17, 15) is 63.2 Å². The van der Waals surface area contributed by atoms with Crippen LogP contribution in [0.25, 0.3) is 21.5 Å². The molecule has 0 spiro atoms. The fraction of sp³-hybridized carbons (Fsp3) is 0.674. The summed E-state index contributed by atoms with van der Waals surface area (Å²) >= 11 is 0. The van der Waals surface area contributed by atoms with Crippen molar-refractivity contribution in [3.63, 3.8) is 0 Å². The zero-order valence-corrected chi connectivity index (χ0v) is 75.2. The number of ether oxygens (including phenoxy) is 6. The fourth-order valence-electron chi connectivity index (χ4n) is 18.8. The number of Topliss-reactive ketones (excluding diaryl/α,β-unsaturated/α-hetero) is 2. The van der Waals surface area contributed by atoms with Crippen molar-refractivity contribution < 1.29 is 101 Å². The molecule has 6 aliphatic heterocycles. The molecule has 10 aliphatic rings. The SMILES string of the molecule is CC[C@@H]1C[C@@H](C)CC/C=C\[C@@H]2C[C@@]2(C(=O)NS(=O)(=O)C2(C)CC2)CC(=O)[C@@H]2C[C@@H](Oc3ncc(N4CCOCC4)c4ccccc34)CN2C(=O)[C@H]1CC(=O)OC(C)(C)C(C)(F)F.CC[C@@H]1C[C@H](C)CC/C=C\[C@@H]2C[C@@]2(C(=O)NS(=O)(=O)C2(C)CC2)CC(=O)[C@@H]2C[C@@H](Oc3ncc(N4CCOCC4)c4ccccc34)CN2C(=O)[C@H]1CC(=O)OC(C)(C)C(C)(F)F. The number of benzene rings is 2. The van der Waals surface area contributed by atoms with Crippen molar-refractivity contribution in [1.82, 2.24) is 29.2 Å². The molecule has 4 saturated heterocycles. The number of fused-ring (bicyclic) bond motifs is 6. The number of pyridine rings is 2. The number of sulfonamides is 2. The molecule has 26 nitrogen and oxygen atoms in total. The van der Waals surface area contributed by atoms with Crippen LogP contribution in [0.2, 0.25) is 0 Å². The van der Waals surface area contributed by atoms with Crippen LogP contribution in [0.5, 0.6) is 11.8 Å². The van der Waals surface area contributed by atoms with Gasteiger partial charge in [0.05, 0.1) is 120 Å². The van der Waals surface area contributed by atoms with Crippen LogP contribution >= 0.6 is 0 Å². The summed E-state index contributed by atoms with van der Waals surface area (Å²) in [7, 11) is -8.02. The highest BCUT2D eigenvalue weighted by molar-refractivity contribution is 7.92. The van der Waals surface area contributed by atoms with Crippen molar-refractivity contribution in [2.24, 2.45) is 58.2 Å². The van der Waals surface area contributed by atoms with Crippen molar-refractivity contribution in [3.8, 4) is 11.8 Å². The van der Waals surface area contributed by atoms with E-state index in [-0.39, 0.29) is 75.3 Å². The second-order valence-corrected chi connectivity index (χ2v) is 42.9. The predicted molar refractivity (Wildman–Crippen MR) is 458 cm³/mol. The quantitative estimate of drug-likeness (QED) is 0.0419. The van der Waals surface area contributed by atoms with Crippen molar-refractivity contribution >= 4 is 100 Å². The third kappa shape index (κ3) is 20.1. The number of carbonyl (C=O) groups excluding carboxylic acids is 8. The molecule has 2 aromatic carbocycles. The third-order valence-electron chi connectivity index (χ3n) is 28.6. The minimum Gasteiger partial charge on any atom is -0.472 e. The summed E-state index contributed by atoms with van der Waals surface area (Å²) in [5.41, 5.74) is -5.13. The van der Waals surface area contributed by atoms with Crippen LogP contribution in [0.4, 0.5) is 28.9 Å². The lowest BCUT2D eigenvalue weighted by molar-refractivity contribution is -0.197. The Balaban J connectivity index is 0.000000213. The highest BCUT2D eigenvalue weighted by Gasteiger charge is 2.65. The fourth-order valence-corrected chi connectivity index (χ4v) is 21.5. The van der Waals surface area contributed by atoms with Gasteiger partial charge in [-0.1, -0.05) is 101 Å². The Morgan fingerprint density at radius 1 is 0.532 bits per heavy atom. The Labute approximate surface area is 725 Å². The van der Waals surface area contributed by atoms with E-state index in [4.69, 9.17) is 38.4 Å². The van der Waals surface area contributed by atoms with E-state index in [1.165, 1.54) is 9.80 Å². The van der Waals surface area contributed by atoms with Crippen LogP contribution in [0, 0.1) is 58.2 Å². The van der Waals surface area contributed by atoms with Gasteiger partial charge in [-0.05, 0) is 166 Å². The van der Waals surface area contributed by atoms with E-state index in [0.29, 0.717) is 142 Å². The summed E-state index contributed by atoms with van der Waals surface area (Å²) in [6.07, 6.45) is 15.3. The Kier molecular flexibility index (Phi) is 27.4. The predicted octanol–water partition coefficient (Wildman–Crippen LogP) is 13.5. The number of halogens is 4. The van der Waals surface area contributed by atoms with Crippen LogP contribution in [-0.4, -0.2) is 206 Å². The van der Waals surface area contributed by atoms with E-state index in [1.807, 2.05) is 86.7 Å². The Morgan fingerprint density at radius 3 is 1.21 bits per heavy atom. The topological polar surface area (TPSA) is 323 Å². The zero-order valence-electron chi connectivity index (χ0n) is 73.6. The molecule has 14 rings (SSSR count). The number of amides is 4. The number of anilines is 2. The van der Waals surface area contributed by atoms with Crippen LogP contribution in [-0.2, 0) is 77.4 Å². The van der Waals surface area contributed by atoms with E-state index in [1.54, 1.807) is 26.2 Å². The van der Waals surface area contributed by atoms with E-state index < -0.39 is 171 Å². The zero-order chi connectivity index (χ0) is 89.7. The molecule has 680 valence electrons. The number of nitrogens with zero attached hydrogens (tertiary/aromatic N) is 6. The number of morpholine rings is 2. The first-order valence-corrected chi connectivity index (χ1v) is 47.4. The molecular formula is C92H124F4N8O18S2. The minimum atomic E-state index is -4.01. The van der Waals surface area contributed by atoms with Crippen LogP contribution in [0.1, 0.15) is 212 Å². The van der Waals surface area contributed by atoms with Gasteiger partial charge >= 0.3 is 11.9 Å². The third-order valence-corrected chi connectivity index (χ3v) is 32.9. The number of carbonyl (C=O) groups is 8. The first-order chi connectivity index (χ1) is 58.4. The molecule has 8 heterocycles. The summed E-state index contributed by atoms with van der Waals surface area (Å²) in [6.45, 7) is 22.0. The summed E-state index contributed by atoms with van der Waals surface area (Å²) in [5.74, 6) is -14.7. The summed E-state index contributed by atoms with van der Waals surface area (Å²) in [6, 6.07) is 13.2. The second-order valence-electron chi connectivity index (χ2n) is 38.5. The molecule has 0 radical (unpaired) electrons. The lowest BCUT2D eigenvalue weighted by atomic mass is 9.79. The molecular weight excluding hydrogens is 1650 g/mol. The minimum absolute atomic E-state index is 0.0415. The van der Waals surface area contributed by atoms with E-state index >= 15 is 9.59 Å². The van der Waals surface area contributed by atoms with Crippen molar-refractivity contribution in [3.05, 3.63) is 85.2 Å². The van der Waals surface area contributed by atoms with Gasteiger partial charge in [0.15, 0.2) is 22.8 Å². The van der Waals surface area contributed by atoms with Gasteiger partial charge in [-0.25, -0.2) is 44.4 Å². The largest absolute Gasteiger partial charge is 0.472 e. The molecule has 4 saturated carbocycles. The van der Waals surface area contributed by atoms with Crippen molar-refractivity contribution in [1.29, 1.82) is 0 Å². The molecule has 32 heteroatoms. The maximum absolute atomic E-state index is 15.2. The summed E-state index contributed by atoms with van der Waals surface area (Å²) in [5, 5.41) is 3.30. The molecule has 2 N–H and O–H groups in total. The molecule has 8 fully saturated rings. The van der Waals surface area contributed by atoms with Gasteiger partial charge in [-0.3, -0.25) is 47.8 Å². The van der Waals surface area contributed by atoms with E-state index in [2.05, 4.69) is 33.1 Å². The standard InChI is InChI=1S/2C46H62F2N4O9S/c2*1-7-30-22-29(2)12-8-9-13-31-25-46(31,42(56)50-62(57,58)44(5)16-17-44)26-38(53)36-23-32(28-52(36)41(55)35(30)24-39(54)61-43(3,4)45(6,47)48)60-40-34-15-11-10-14-33(34)37(27-49-40)51-18-20-59-21-19-51/h2*9-11,13-15,27,29-32,35-36H,7-8,12,16-26,28H2,1-6H3,(H,50,56)/b2*13-9-/t29-,30+,31+,32+,35-,36-,46+;29-,30-,31-,32-,35+,36+,46-/m01/s1. The smallest absolute Gasteiger partial charge is 0.307 e. The Bertz CT molecular complexity index is 4670. The molecule has 4 aliphatic carbocycles. The number of alkyl halides is 4. The second kappa shape index (κ2) is 36.4. The van der Waals surface area contributed by atoms with Crippen LogP contribution in [0.3, 0.4) is 0 Å². The van der Waals surface area contributed by atoms with Crippen LogP contribution in [0.15, 0.2) is 85.2 Å². The summed E-state index contributed by atoms with van der Waals surface area (Å²) in [4.78, 5) is 132. The number of ketones is 2. The molecule has 4 amide bonds. The lowest BCUT2D eigenvalue weighted by Crippen LogP contribution is -2.49. The molecule has 14 atom stereocenters. The molecule has 0 unspecified atom stereocenters. The lowest BCUT2D eigenvalue weighted by Gasteiger charge is -2.35. The number of esters is 2. The maximum atomic E-state index is 15.2. The van der Waals surface area contributed by atoms with Gasteiger partial charge in [0.1, 0.15) is 12.2 Å². The molecule has 2 aromatic heterocycles. The van der Waals surface area contributed by atoms with Gasteiger partial charge < -0.3 is 48.0 Å². The van der Waals surface area contributed by atoms with E-state index in [0.717, 1.165) is 73.5 Å². The summed E-state index contributed by atoms with van der Waals surface area (Å²) < 4.78 is 149. The monoisotopic (exact) mass is 1770 g/mol. The average Bonchev–Trinajstić information content (AvgIpc) is 1.56. The molecule has 4 aromatic rings. The Morgan fingerprint density at radius 2 is 0.879 bits per heavy atom. The number of hydrogen-bond donors (Lipinski definition) is 2. The van der Waals surface area contributed by atoms with Crippen molar-refractivity contribution in [2.45, 2.75) is 268 Å². The maximum Gasteiger partial charge on any atom is 0.307 e. The molecule has 124 heavy (non-hydrogen) atoms. The number of rotatable bonds is 22. The number of nitrogens with one attached hydrogen (secondary N) is 2. The number of aromatic nitrogens is 2. The number of hydrogen-bond acceptors (Lipinski definition) is 22. The van der Waals surface area contributed by atoms with Crippen LogP contribution < -0.4 is 28.7 Å². The highest BCUT2D eigenvalue weighted by Crippen LogP contribution is 2.60. The van der Waals surface area contributed by atoms with Crippen molar-refractivity contribution in [2.75, 3.05) is 75.5 Å². The van der Waals surface area contributed by atoms with Gasteiger partial charge in [-0.15, -0.1) is 0 Å². The Hall–Kier alpha value is -8.36. The first kappa shape index (κ1) is 93.3. The van der Waals surface area contributed by atoms with Gasteiger partial charge in [0.2, 0.25) is 55.4 Å².